The first-order chi connectivity index (χ1) is 13.4. The van der Waals surface area contributed by atoms with Gasteiger partial charge < -0.3 is 9.88 Å². The largest absolute Gasteiger partial charge is 0.324 e. The van der Waals surface area contributed by atoms with E-state index < -0.39 is 10.2 Å². The Morgan fingerprint density at radius 1 is 1.43 bits per heavy atom. The number of nitrogens with one attached hydrogen (secondary N) is 1. The summed E-state index contributed by atoms with van der Waals surface area (Å²) in [5.41, 5.74) is 1.85. The molecule has 0 radical (unpaired) electrons. The van der Waals surface area contributed by atoms with E-state index in [0.717, 1.165) is 11.0 Å². The molecule has 28 heavy (non-hydrogen) atoms. The van der Waals surface area contributed by atoms with Crippen molar-refractivity contribution in [2.75, 3.05) is 5.32 Å². The van der Waals surface area contributed by atoms with E-state index in [1.165, 1.54) is 30.0 Å². The summed E-state index contributed by atoms with van der Waals surface area (Å²) in [5.74, 6) is -0.329. The van der Waals surface area contributed by atoms with Gasteiger partial charge in [-0.25, -0.2) is 4.98 Å². The van der Waals surface area contributed by atoms with Crippen molar-refractivity contribution in [3.63, 3.8) is 0 Å². The van der Waals surface area contributed by atoms with Gasteiger partial charge in [0, 0.05) is 18.7 Å². The Morgan fingerprint density at radius 3 is 2.89 bits per heavy atom. The monoisotopic (exact) mass is 416 g/mol. The molecule has 0 aliphatic carbocycles. The lowest BCUT2D eigenvalue weighted by molar-refractivity contribution is -0.384. The molecule has 3 rings (SSSR count). The summed E-state index contributed by atoms with van der Waals surface area (Å²) in [6.07, 6.45) is 1.77. The number of halogens is 1. The fourth-order valence-electron chi connectivity index (χ4n) is 2.62. The maximum absolute atomic E-state index is 12.6. The number of nitro benzene ring substituents is 1. The van der Waals surface area contributed by atoms with E-state index in [-0.39, 0.29) is 22.3 Å². The Bertz CT molecular complexity index is 1070. The number of carbonyl (C=O) groups excluding carboxylic acids is 1. The molecule has 144 valence electrons. The summed E-state index contributed by atoms with van der Waals surface area (Å²) in [6.45, 7) is 6.08. The number of nitro groups is 1. The van der Waals surface area contributed by atoms with Gasteiger partial charge in [-0.05, 0) is 25.1 Å². The SMILES string of the molecule is C=CCn1c(S[C@H](C)C(=O)Nc2cc([N+](=O)[O-])ccc2Cl)nc2ccccc21. The quantitative estimate of drug-likeness (QED) is 0.256. The molecular formula is C19H17ClN4O3S. The van der Waals surface area contributed by atoms with Gasteiger partial charge in [-0.1, -0.05) is 41.6 Å². The molecule has 0 saturated heterocycles. The average molecular weight is 417 g/mol. The number of para-hydroxylation sites is 2. The highest BCUT2D eigenvalue weighted by Gasteiger charge is 2.21. The summed E-state index contributed by atoms with van der Waals surface area (Å²) in [7, 11) is 0. The van der Waals surface area contributed by atoms with Gasteiger partial charge in [-0.2, -0.15) is 0 Å². The first kappa shape index (κ1) is 19.9. The highest BCUT2D eigenvalue weighted by atomic mass is 35.5. The zero-order valence-corrected chi connectivity index (χ0v) is 16.5. The first-order valence-electron chi connectivity index (χ1n) is 8.38. The standard InChI is InChI=1S/C19H17ClN4O3S/c1-3-10-23-17-7-5-4-6-15(17)22-19(23)28-12(2)18(25)21-16-11-13(24(26)27)8-9-14(16)20/h3-9,11-12H,1,10H2,2H3,(H,21,25)/t12-/m1/s1. The molecule has 9 heteroatoms. The number of hydrogen-bond acceptors (Lipinski definition) is 5. The maximum atomic E-state index is 12.6. The number of anilines is 1. The maximum Gasteiger partial charge on any atom is 0.271 e. The second-order valence-electron chi connectivity index (χ2n) is 5.95. The van der Waals surface area contributed by atoms with Gasteiger partial charge in [-0.3, -0.25) is 14.9 Å². The van der Waals surface area contributed by atoms with Crippen LogP contribution in [0, 0.1) is 10.1 Å². The number of non-ortho nitro benzene ring substituents is 1. The molecule has 0 aliphatic rings. The summed E-state index contributed by atoms with van der Waals surface area (Å²) in [4.78, 5) is 27.6. The summed E-state index contributed by atoms with van der Waals surface area (Å²) in [5, 5.41) is 14.0. The first-order valence-corrected chi connectivity index (χ1v) is 9.64. The van der Waals surface area contributed by atoms with Gasteiger partial charge in [0.1, 0.15) is 0 Å². The molecule has 1 N–H and O–H groups in total. The van der Waals surface area contributed by atoms with Crippen LogP contribution in [-0.2, 0) is 11.3 Å². The van der Waals surface area contributed by atoms with Crippen LogP contribution < -0.4 is 5.32 Å². The smallest absolute Gasteiger partial charge is 0.271 e. The second-order valence-corrected chi connectivity index (χ2v) is 7.67. The lowest BCUT2D eigenvalue weighted by Gasteiger charge is -2.13. The van der Waals surface area contributed by atoms with Crippen LogP contribution in [0.15, 0.2) is 60.3 Å². The normalized spacial score (nSPS) is 11.9. The molecule has 1 atom stereocenters. The number of aromatic nitrogens is 2. The van der Waals surface area contributed by atoms with Crippen LogP contribution in [0.3, 0.4) is 0 Å². The van der Waals surface area contributed by atoms with Crippen molar-refractivity contribution < 1.29 is 9.72 Å². The average Bonchev–Trinajstić information content (AvgIpc) is 3.01. The number of rotatable bonds is 7. The highest BCUT2D eigenvalue weighted by molar-refractivity contribution is 8.00. The Balaban J connectivity index is 1.81. The van der Waals surface area contributed by atoms with Gasteiger partial charge in [0.15, 0.2) is 5.16 Å². The Labute approximate surface area is 170 Å². The van der Waals surface area contributed by atoms with E-state index >= 15 is 0 Å². The third-order valence-corrected chi connectivity index (χ3v) is 5.42. The minimum Gasteiger partial charge on any atom is -0.324 e. The van der Waals surface area contributed by atoms with Crippen molar-refractivity contribution in [2.24, 2.45) is 0 Å². The number of imidazole rings is 1. The Kier molecular flexibility index (Phi) is 6.01. The molecule has 1 aromatic heterocycles. The number of thioether (sulfide) groups is 1. The van der Waals surface area contributed by atoms with E-state index in [1.54, 1.807) is 13.0 Å². The number of carbonyl (C=O) groups is 1. The van der Waals surface area contributed by atoms with Crippen molar-refractivity contribution in [3.8, 4) is 0 Å². The molecule has 0 fully saturated rings. The van der Waals surface area contributed by atoms with Crippen LogP contribution in [0.2, 0.25) is 5.02 Å². The summed E-state index contributed by atoms with van der Waals surface area (Å²) >= 11 is 7.35. The zero-order valence-electron chi connectivity index (χ0n) is 15.0. The van der Waals surface area contributed by atoms with Gasteiger partial charge >= 0.3 is 0 Å². The lowest BCUT2D eigenvalue weighted by atomic mass is 10.2. The number of benzene rings is 2. The van der Waals surface area contributed by atoms with Crippen molar-refractivity contribution in [1.29, 1.82) is 0 Å². The van der Waals surface area contributed by atoms with E-state index in [9.17, 15) is 14.9 Å². The van der Waals surface area contributed by atoms with Crippen molar-refractivity contribution in [2.45, 2.75) is 23.9 Å². The molecule has 2 aromatic carbocycles. The fourth-order valence-corrected chi connectivity index (χ4v) is 3.72. The predicted octanol–water partition coefficient (Wildman–Crippen LogP) is 4.90. The van der Waals surface area contributed by atoms with Crippen molar-refractivity contribution in [3.05, 3.63) is 70.3 Å². The summed E-state index contributed by atoms with van der Waals surface area (Å²) < 4.78 is 1.98. The highest BCUT2D eigenvalue weighted by Crippen LogP contribution is 2.30. The van der Waals surface area contributed by atoms with E-state index in [4.69, 9.17) is 11.6 Å². The van der Waals surface area contributed by atoms with Crippen LogP contribution in [0.1, 0.15) is 6.92 Å². The lowest BCUT2D eigenvalue weighted by Crippen LogP contribution is -2.23. The van der Waals surface area contributed by atoms with Gasteiger partial charge in [-0.15, -0.1) is 6.58 Å². The number of fused-ring (bicyclic) bond motifs is 1. The fraction of sp³-hybridized carbons (Fsp3) is 0.158. The van der Waals surface area contributed by atoms with Crippen molar-refractivity contribution >= 4 is 51.7 Å². The zero-order chi connectivity index (χ0) is 20.3. The van der Waals surface area contributed by atoms with Crippen LogP contribution in [0.5, 0.6) is 0 Å². The predicted molar refractivity (Wildman–Crippen MR) is 112 cm³/mol. The van der Waals surface area contributed by atoms with Gasteiger partial charge in [0.25, 0.3) is 5.69 Å². The third kappa shape index (κ3) is 4.18. The van der Waals surface area contributed by atoms with Crippen LogP contribution >= 0.6 is 23.4 Å². The molecule has 0 bridgehead atoms. The number of amides is 1. The van der Waals surface area contributed by atoms with E-state index in [2.05, 4.69) is 16.9 Å². The molecular weight excluding hydrogens is 400 g/mol. The molecule has 0 unspecified atom stereocenters. The van der Waals surface area contributed by atoms with Gasteiger partial charge in [0.2, 0.25) is 5.91 Å². The molecule has 3 aromatic rings. The molecule has 0 saturated carbocycles. The number of allylic oxidation sites excluding steroid dienone is 1. The second kappa shape index (κ2) is 8.45. The van der Waals surface area contributed by atoms with Crippen LogP contribution in [0.4, 0.5) is 11.4 Å². The minimum atomic E-state index is -0.540. The van der Waals surface area contributed by atoms with E-state index in [1.807, 2.05) is 28.8 Å². The number of nitrogens with zero attached hydrogens (tertiary/aromatic N) is 3. The molecule has 0 spiro atoms. The summed E-state index contributed by atoms with van der Waals surface area (Å²) in [6, 6.07) is 11.6. The van der Waals surface area contributed by atoms with Gasteiger partial charge in [0.05, 0.1) is 31.9 Å². The Morgan fingerprint density at radius 2 is 2.18 bits per heavy atom. The van der Waals surface area contributed by atoms with Crippen LogP contribution in [-0.4, -0.2) is 25.6 Å². The number of hydrogen-bond donors (Lipinski definition) is 1. The minimum absolute atomic E-state index is 0.146. The topological polar surface area (TPSA) is 90.1 Å². The van der Waals surface area contributed by atoms with Crippen molar-refractivity contribution in [1.82, 2.24) is 9.55 Å². The Hall–Kier alpha value is -2.84. The molecule has 0 aliphatic heterocycles. The van der Waals surface area contributed by atoms with E-state index in [0.29, 0.717) is 11.7 Å². The van der Waals surface area contributed by atoms with Crippen LogP contribution in [0.25, 0.3) is 11.0 Å². The third-order valence-electron chi connectivity index (χ3n) is 4.00. The molecule has 7 nitrogen and oxygen atoms in total. The molecule has 1 amide bonds. The molecule has 1 heterocycles.